The van der Waals surface area contributed by atoms with Crippen LogP contribution in [0.2, 0.25) is 5.02 Å². The van der Waals surface area contributed by atoms with E-state index in [1.54, 1.807) is 28.8 Å². The molecule has 1 heterocycles. The van der Waals surface area contributed by atoms with E-state index < -0.39 is 0 Å². The molecule has 0 unspecified atom stereocenters. The third-order valence-electron chi connectivity index (χ3n) is 5.45. The molecule has 1 aromatic heterocycles. The number of aromatic nitrogens is 1. The number of hydrogen-bond acceptors (Lipinski definition) is 4. The molecule has 3 aromatic rings. The Labute approximate surface area is 194 Å². The standard InChI is InChI=1S/C26H30ClNO4/c1-4-6-14-31-21-12-13-24-23(16-21)22(17-25(29)32-15-7-5-2)18(3)28(24)26(30)19-8-10-20(27)11-9-19/h8-13,16H,4-7,14-15,17H2,1-3H3. The molecule has 2 aromatic carbocycles. The predicted molar refractivity (Wildman–Crippen MR) is 128 cm³/mol. The molecule has 0 bridgehead atoms. The SMILES string of the molecule is CCCCOC(=O)Cc1c(C)n(C(=O)c2ccc(Cl)cc2)c2ccc(OCCCC)cc12. The fourth-order valence-electron chi connectivity index (χ4n) is 3.62. The molecule has 0 aliphatic carbocycles. The van der Waals surface area contributed by atoms with Crippen molar-refractivity contribution in [2.24, 2.45) is 0 Å². The van der Waals surface area contributed by atoms with Crippen molar-refractivity contribution in [2.75, 3.05) is 13.2 Å². The number of carbonyl (C=O) groups excluding carboxylic acids is 2. The van der Waals surface area contributed by atoms with Gasteiger partial charge in [-0.25, -0.2) is 0 Å². The quantitative estimate of drug-likeness (QED) is 0.264. The minimum Gasteiger partial charge on any atom is -0.494 e. The van der Waals surface area contributed by atoms with Crippen LogP contribution in [-0.4, -0.2) is 29.7 Å². The van der Waals surface area contributed by atoms with Gasteiger partial charge in [0.2, 0.25) is 0 Å². The van der Waals surface area contributed by atoms with E-state index in [-0.39, 0.29) is 18.3 Å². The predicted octanol–water partition coefficient (Wildman–Crippen LogP) is 6.36. The minimum absolute atomic E-state index is 0.103. The van der Waals surface area contributed by atoms with E-state index in [1.807, 2.05) is 32.0 Å². The zero-order valence-electron chi connectivity index (χ0n) is 18.9. The maximum atomic E-state index is 13.4. The second-order valence-corrected chi connectivity index (χ2v) is 8.28. The van der Waals surface area contributed by atoms with Crippen LogP contribution < -0.4 is 4.74 Å². The Hall–Kier alpha value is -2.79. The van der Waals surface area contributed by atoms with Gasteiger partial charge >= 0.3 is 5.97 Å². The van der Waals surface area contributed by atoms with Gasteiger partial charge in [0.05, 0.1) is 25.2 Å². The van der Waals surface area contributed by atoms with E-state index in [1.165, 1.54) is 0 Å². The van der Waals surface area contributed by atoms with Crippen molar-refractivity contribution < 1.29 is 19.1 Å². The van der Waals surface area contributed by atoms with Gasteiger partial charge in [-0.3, -0.25) is 14.2 Å². The van der Waals surface area contributed by atoms with Crippen LogP contribution >= 0.6 is 11.6 Å². The van der Waals surface area contributed by atoms with Crippen molar-refractivity contribution in [1.82, 2.24) is 4.57 Å². The fraction of sp³-hybridized carbons (Fsp3) is 0.385. The molecule has 0 saturated heterocycles. The molecule has 0 amide bonds. The first-order valence-electron chi connectivity index (χ1n) is 11.2. The van der Waals surface area contributed by atoms with Crippen molar-refractivity contribution in [3.05, 3.63) is 64.3 Å². The highest BCUT2D eigenvalue weighted by Gasteiger charge is 2.22. The Kier molecular flexibility index (Phi) is 8.34. The number of carbonyl (C=O) groups is 2. The Morgan fingerprint density at radius 1 is 0.969 bits per heavy atom. The van der Waals surface area contributed by atoms with Crippen LogP contribution in [0.1, 0.15) is 61.1 Å². The van der Waals surface area contributed by atoms with Gasteiger partial charge in [0.25, 0.3) is 5.91 Å². The molecular weight excluding hydrogens is 426 g/mol. The molecule has 0 aliphatic heterocycles. The molecular formula is C26H30ClNO4. The first-order chi connectivity index (χ1) is 15.5. The van der Waals surface area contributed by atoms with E-state index in [0.717, 1.165) is 53.6 Å². The Bertz CT molecular complexity index is 1090. The molecule has 0 atom stereocenters. The molecule has 0 N–H and O–H groups in total. The number of halogens is 1. The van der Waals surface area contributed by atoms with E-state index in [2.05, 4.69) is 6.92 Å². The number of esters is 1. The largest absolute Gasteiger partial charge is 0.494 e. The van der Waals surface area contributed by atoms with Crippen molar-refractivity contribution >= 4 is 34.4 Å². The molecule has 3 rings (SSSR count). The molecule has 32 heavy (non-hydrogen) atoms. The summed E-state index contributed by atoms with van der Waals surface area (Å²) in [5.74, 6) is 0.258. The lowest BCUT2D eigenvalue weighted by molar-refractivity contribution is -0.142. The van der Waals surface area contributed by atoms with Gasteiger partial charge < -0.3 is 9.47 Å². The van der Waals surface area contributed by atoms with Crippen LogP contribution in [0.15, 0.2) is 42.5 Å². The van der Waals surface area contributed by atoms with Gasteiger partial charge in [-0.15, -0.1) is 0 Å². The summed E-state index contributed by atoms with van der Waals surface area (Å²) in [6, 6.07) is 12.5. The summed E-state index contributed by atoms with van der Waals surface area (Å²) in [7, 11) is 0. The molecule has 0 spiro atoms. The second-order valence-electron chi connectivity index (χ2n) is 7.84. The number of ether oxygens (including phenoxy) is 2. The summed E-state index contributed by atoms with van der Waals surface area (Å²) >= 11 is 5.99. The lowest BCUT2D eigenvalue weighted by atomic mass is 10.1. The minimum atomic E-state index is -0.295. The zero-order valence-corrected chi connectivity index (χ0v) is 19.7. The third-order valence-corrected chi connectivity index (χ3v) is 5.70. The molecule has 170 valence electrons. The Morgan fingerprint density at radius 3 is 2.34 bits per heavy atom. The second kappa shape index (κ2) is 11.2. The summed E-state index contributed by atoms with van der Waals surface area (Å²) in [5.41, 5.74) is 2.76. The van der Waals surface area contributed by atoms with Gasteiger partial charge in [-0.1, -0.05) is 38.3 Å². The maximum absolute atomic E-state index is 13.4. The van der Waals surface area contributed by atoms with Gasteiger partial charge in [0.1, 0.15) is 5.75 Å². The van der Waals surface area contributed by atoms with Crippen molar-refractivity contribution in [2.45, 2.75) is 52.9 Å². The highest BCUT2D eigenvalue weighted by molar-refractivity contribution is 6.30. The topological polar surface area (TPSA) is 57.5 Å². The van der Waals surface area contributed by atoms with Gasteiger partial charge in [-0.2, -0.15) is 0 Å². The summed E-state index contributed by atoms with van der Waals surface area (Å²) in [4.78, 5) is 25.9. The molecule has 0 saturated carbocycles. The molecule has 5 nitrogen and oxygen atoms in total. The Balaban J connectivity index is 2.02. The van der Waals surface area contributed by atoms with E-state index >= 15 is 0 Å². The number of fused-ring (bicyclic) bond motifs is 1. The monoisotopic (exact) mass is 455 g/mol. The first kappa shape index (κ1) is 23.9. The van der Waals surface area contributed by atoms with Gasteiger partial charge in [-0.05, 0) is 67.8 Å². The zero-order chi connectivity index (χ0) is 23.1. The van der Waals surface area contributed by atoms with E-state index in [0.29, 0.717) is 23.8 Å². The lowest BCUT2D eigenvalue weighted by Crippen LogP contribution is -2.14. The van der Waals surface area contributed by atoms with Crippen LogP contribution in [0.5, 0.6) is 5.75 Å². The average molecular weight is 456 g/mol. The van der Waals surface area contributed by atoms with Crippen LogP contribution in [0, 0.1) is 6.92 Å². The number of hydrogen-bond donors (Lipinski definition) is 0. The van der Waals surface area contributed by atoms with Crippen LogP contribution in [-0.2, 0) is 16.0 Å². The maximum Gasteiger partial charge on any atom is 0.310 e. The number of unbranched alkanes of at least 4 members (excludes halogenated alkanes) is 2. The lowest BCUT2D eigenvalue weighted by Gasteiger charge is -2.08. The summed E-state index contributed by atoms with van der Waals surface area (Å²) < 4.78 is 12.9. The number of benzene rings is 2. The molecule has 6 heteroatoms. The summed E-state index contributed by atoms with van der Waals surface area (Å²) in [5, 5.41) is 1.39. The normalized spacial score (nSPS) is 11.0. The molecule has 0 fully saturated rings. The van der Waals surface area contributed by atoms with Crippen LogP contribution in [0.3, 0.4) is 0 Å². The highest BCUT2D eigenvalue weighted by Crippen LogP contribution is 2.31. The van der Waals surface area contributed by atoms with E-state index in [9.17, 15) is 9.59 Å². The van der Waals surface area contributed by atoms with Crippen molar-refractivity contribution in [3.63, 3.8) is 0 Å². The van der Waals surface area contributed by atoms with E-state index in [4.69, 9.17) is 21.1 Å². The van der Waals surface area contributed by atoms with Crippen molar-refractivity contribution in [1.29, 1.82) is 0 Å². The van der Waals surface area contributed by atoms with Crippen molar-refractivity contribution in [3.8, 4) is 5.75 Å². The average Bonchev–Trinajstić information content (AvgIpc) is 3.05. The third kappa shape index (κ3) is 5.52. The fourth-order valence-corrected chi connectivity index (χ4v) is 3.74. The first-order valence-corrected chi connectivity index (χ1v) is 11.6. The molecule has 0 radical (unpaired) electrons. The van der Waals surface area contributed by atoms with Crippen LogP contribution in [0.25, 0.3) is 10.9 Å². The number of rotatable bonds is 10. The number of nitrogens with zero attached hydrogens (tertiary/aromatic N) is 1. The van der Waals surface area contributed by atoms with Crippen LogP contribution in [0.4, 0.5) is 0 Å². The van der Waals surface area contributed by atoms with Gasteiger partial charge in [0, 0.05) is 21.7 Å². The van der Waals surface area contributed by atoms with Gasteiger partial charge in [0.15, 0.2) is 0 Å². The Morgan fingerprint density at radius 2 is 1.66 bits per heavy atom. The summed E-state index contributed by atoms with van der Waals surface area (Å²) in [6.45, 7) is 7.05. The smallest absolute Gasteiger partial charge is 0.310 e. The highest BCUT2D eigenvalue weighted by atomic mass is 35.5. The summed E-state index contributed by atoms with van der Waals surface area (Å²) in [6.07, 6.45) is 3.90. The molecule has 0 aliphatic rings.